The zero-order chi connectivity index (χ0) is 20.8. The molecular weight excluding hydrogens is 375 g/mol. The molecule has 0 radical (unpaired) electrons. The fraction of sp³-hybridized carbons (Fsp3) is 0.400. The lowest BCUT2D eigenvalue weighted by Crippen LogP contribution is -2.56. The molecule has 2 aromatic rings. The zero-order valence-corrected chi connectivity index (χ0v) is 16.5. The summed E-state index contributed by atoms with van der Waals surface area (Å²) in [7, 11) is 0. The van der Waals surface area contributed by atoms with E-state index in [1.54, 1.807) is 23.4 Å². The minimum atomic E-state index is -0.706. The number of anilines is 2. The van der Waals surface area contributed by atoms with Gasteiger partial charge in [0.25, 0.3) is 0 Å². The highest BCUT2D eigenvalue weighted by molar-refractivity contribution is 5.97. The summed E-state index contributed by atoms with van der Waals surface area (Å²) in [5.41, 5.74) is 0.479. The molecule has 1 unspecified atom stereocenters. The van der Waals surface area contributed by atoms with Crippen molar-refractivity contribution in [3.8, 4) is 0 Å². The van der Waals surface area contributed by atoms with Crippen LogP contribution in [-0.2, 0) is 4.79 Å². The van der Waals surface area contributed by atoms with E-state index in [0.717, 1.165) is 0 Å². The average molecular weight is 400 g/mol. The maximum atomic E-state index is 13.0. The molecule has 8 nitrogen and oxygen atoms in total. The highest BCUT2D eigenvalue weighted by atomic mass is 19.1. The SMILES string of the molecule is CC(C)C(NC(=O)N1CCN(c2ncccn2)CC1)C(=O)Nc1ccc(F)cc1. The van der Waals surface area contributed by atoms with Crippen LogP contribution in [-0.4, -0.2) is 59.0 Å². The molecule has 29 heavy (non-hydrogen) atoms. The van der Waals surface area contributed by atoms with Crippen molar-refractivity contribution in [1.29, 1.82) is 0 Å². The number of carbonyl (C=O) groups is 2. The van der Waals surface area contributed by atoms with Crippen LogP contribution in [0.15, 0.2) is 42.7 Å². The Morgan fingerprint density at radius 3 is 2.24 bits per heavy atom. The molecule has 1 aliphatic heterocycles. The molecule has 1 fully saturated rings. The highest BCUT2D eigenvalue weighted by Crippen LogP contribution is 2.13. The summed E-state index contributed by atoms with van der Waals surface area (Å²) in [6, 6.07) is 6.28. The number of halogens is 1. The second-order valence-electron chi connectivity index (χ2n) is 7.19. The van der Waals surface area contributed by atoms with E-state index >= 15 is 0 Å². The minimum absolute atomic E-state index is 0.113. The monoisotopic (exact) mass is 400 g/mol. The van der Waals surface area contributed by atoms with Crippen molar-refractivity contribution >= 4 is 23.6 Å². The van der Waals surface area contributed by atoms with Gasteiger partial charge in [0.1, 0.15) is 11.9 Å². The van der Waals surface area contributed by atoms with Gasteiger partial charge in [-0.1, -0.05) is 13.8 Å². The molecule has 0 bridgehead atoms. The Bertz CT molecular complexity index is 823. The Morgan fingerprint density at radius 2 is 1.66 bits per heavy atom. The van der Waals surface area contributed by atoms with Gasteiger partial charge < -0.3 is 20.4 Å². The van der Waals surface area contributed by atoms with Crippen LogP contribution in [0.3, 0.4) is 0 Å². The molecule has 2 heterocycles. The summed E-state index contributed by atoms with van der Waals surface area (Å²) in [6.45, 7) is 5.97. The van der Waals surface area contributed by atoms with Crippen molar-refractivity contribution < 1.29 is 14.0 Å². The van der Waals surface area contributed by atoms with Crippen molar-refractivity contribution in [2.75, 3.05) is 36.4 Å². The number of aromatic nitrogens is 2. The maximum Gasteiger partial charge on any atom is 0.318 e. The molecule has 1 aromatic carbocycles. The number of nitrogens with zero attached hydrogens (tertiary/aromatic N) is 4. The number of hydrogen-bond acceptors (Lipinski definition) is 5. The van der Waals surface area contributed by atoms with Gasteiger partial charge in [0.15, 0.2) is 0 Å². The van der Waals surface area contributed by atoms with E-state index < -0.39 is 6.04 Å². The molecule has 3 amide bonds. The molecule has 1 atom stereocenters. The van der Waals surface area contributed by atoms with Crippen LogP contribution < -0.4 is 15.5 Å². The van der Waals surface area contributed by atoms with Crippen LogP contribution >= 0.6 is 0 Å². The number of amides is 3. The first-order valence-electron chi connectivity index (χ1n) is 9.58. The van der Waals surface area contributed by atoms with Crippen molar-refractivity contribution in [1.82, 2.24) is 20.2 Å². The Labute approximate surface area is 169 Å². The summed E-state index contributed by atoms with van der Waals surface area (Å²) < 4.78 is 13.0. The molecule has 1 aromatic heterocycles. The van der Waals surface area contributed by atoms with E-state index in [1.807, 2.05) is 18.7 Å². The van der Waals surface area contributed by atoms with Crippen LogP contribution in [0.4, 0.5) is 20.8 Å². The van der Waals surface area contributed by atoms with Gasteiger partial charge in [-0.2, -0.15) is 0 Å². The highest BCUT2D eigenvalue weighted by Gasteiger charge is 2.28. The van der Waals surface area contributed by atoms with Gasteiger partial charge in [-0.3, -0.25) is 4.79 Å². The first-order chi connectivity index (χ1) is 13.9. The fourth-order valence-corrected chi connectivity index (χ4v) is 3.08. The number of hydrogen-bond donors (Lipinski definition) is 2. The van der Waals surface area contributed by atoms with E-state index in [-0.39, 0.29) is 23.7 Å². The van der Waals surface area contributed by atoms with Gasteiger partial charge in [-0.05, 0) is 36.2 Å². The van der Waals surface area contributed by atoms with E-state index in [1.165, 1.54) is 24.3 Å². The summed E-state index contributed by atoms with van der Waals surface area (Å²) in [4.78, 5) is 37.5. The largest absolute Gasteiger partial charge is 0.337 e. The van der Waals surface area contributed by atoms with E-state index in [2.05, 4.69) is 20.6 Å². The van der Waals surface area contributed by atoms with Crippen LogP contribution in [0.2, 0.25) is 0 Å². The maximum absolute atomic E-state index is 13.0. The standard InChI is InChI=1S/C20H25FN6O2/c1-14(2)17(18(28)24-16-6-4-15(21)5-7-16)25-20(29)27-12-10-26(11-13-27)19-22-8-3-9-23-19/h3-9,14,17H,10-13H2,1-2H3,(H,24,28)(H,25,29). The molecule has 154 valence electrons. The summed E-state index contributed by atoms with van der Waals surface area (Å²) in [6.07, 6.45) is 3.38. The van der Waals surface area contributed by atoms with Crippen LogP contribution in [0.5, 0.6) is 0 Å². The predicted octanol–water partition coefficient (Wildman–Crippen LogP) is 2.11. The third-order valence-corrected chi connectivity index (χ3v) is 4.74. The first-order valence-corrected chi connectivity index (χ1v) is 9.58. The Morgan fingerprint density at radius 1 is 1.03 bits per heavy atom. The zero-order valence-electron chi connectivity index (χ0n) is 16.5. The lowest BCUT2D eigenvalue weighted by atomic mass is 10.0. The molecular formula is C20H25FN6O2. The first kappa shape index (κ1) is 20.5. The molecule has 9 heteroatoms. The number of piperazine rings is 1. The summed E-state index contributed by atoms with van der Waals surface area (Å²) >= 11 is 0. The minimum Gasteiger partial charge on any atom is -0.337 e. The second-order valence-corrected chi connectivity index (χ2v) is 7.19. The molecule has 0 saturated carbocycles. The van der Waals surface area contributed by atoms with E-state index in [0.29, 0.717) is 37.8 Å². The number of carbonyl (C=O) groups excluding carboxylic acids is 2. The lowest BCUT2D eigenvalue weighted by molar-refractivity contribution is -0.118. The molecule has 0 spiro atoms. The third-order valence-electron chi connectivity index (χ3n) is 4.74. The van der Waals surface area contributed by atoms with Crippen molar-refractivity contribution in [3.63, 3.8) is 0 Å². The fourth-order valence-electron chi connectivity index (χ4n) is 3.08. The molecule has 0 aliphatic carbocycles. The lowest BCUT2D eigenvalue weighted by Gasteiger charge is -2.35. The van der Waals surface area contributed by atoms with Gasteiger partial charge in [0.05, 0.1) is 0 Å². The van der Waals surface area contributed by atoms with Crippen molar-refractivity contribution in [2.45, 2.75) is 19.9 Å². The van der Waals surface area contributed by atoms with E-state index in [4.69, 9.17) is 0 Å². The number of benzene rings is 1. The third kappa shape index (κ3) is 5.40. The van der Waals surface area contributed by atoms with Crippen LogP contribution in [0.25, 0.3) is 0 Å². The van der Waals surface area contributed by atoms with Gasteiger partial charge in [0, 0.05) is 44.3 Å². The normalized spacial score (nSPS) is 15.2. The van der Waals surface area contributed by atoms with Crippen LogP contribution in [0.1, 0.15) is 13.8 Å². The van der Waals surface area contributed by atoms with Crippen molar-refractivity contribution in [3.05, 3.63) is 48.5 Å². The summed E-state index contributed by atoms with van der Waals surface area (Å²) in [5.74, 6) is -0.183. The number of rotatable bonds is 5. The van der Waals surface area contributed by atoms with Crippen LogP contribution in [0, 0.1) is 11.7 Å². The quantitative estimate of drug-likeness (QED) is 0.802. The van der Waals surface area contributed by atoms with Gasteiger partial charge in [0.2, 0.25) is 11.9 Å². The van der Waals surface area contributed by atoms with Gasteiger partial charge in [-0.15, -0.1) is 0 Å². The smallest absolute Gasteiger partial charge is 0.318 e. The predicted molar refractivity (Wildman–Crippen MR) is 108 cm³/mol. The topological polar surface area (TPSA) is 90.5 Å². The Balaban J connectivity index is 1.55. The molecule has 1 saturated heterocycles. The Hall–Kier alpha value is -3.23. The second kappa shape index (κ2) is 9.31. The number of nitrogens with one attached hydrogen (secondary N) is 2. The van der Waals surface area contributed by atoms with E-state index in [9.17, 15) is 14.0 Å². The Kier molecular flexibility index (Phi) is 6.58. The average Bonchev–Trinajstić information content (AvgIpc) is 2.74. The molecule has 3 rings (SSSR count). The number of urea groups is 1. The summed E-state index contributed by atoms with van der Waals surface area (Å²) in [5, 5.41) is 5.55. The van der Waals surface area contributed by atoms with Crippen molar-refractivity contribution in [2.24, 2.45) is 5.92 Å². The van der Waals surface area contributed by atoms with Gasteiger partial charge >= 0.3 is 6.03 Å². The van der Waals surface area contributed by atoms with Gasteiger partial charge in [-0.25, -0.2) is 19.2 Å². The molecule has 1 aliphatic rings. The molecule has 2 N–H and O–H groups in total.